The fourth-order valence-corrected chi connectivity index (χ4v) is 6.31. The fraction of sp³-hybridized carbons (Fsp3) is 0.533. The van der Waals surface area contributed by atoms with Gasteiger partial charge in [-0.05, 0) is 30.7 Å². The molecule has 7 nitrogen and oxygen atoms in total. The van der Waals surface area contributed by atoms with Crippen LogP contribution in [0.1, 0.15) is 26.3 Å². The Morgan fingerprint density at radius 1 is 1.25 bits per heavy atom. The first-order valence-corrected chi connectivity index (χ1v) is 10.8. The smallest absolute Gasteiger partial charge is 0.244 e. The molecule has 0 N–H and O–H groups in total. The molecule has 1 aliphatic heterocycles. The van der Waals surface area contributed by atoms with Gasteiger partial charge in [0.2, 0.25) is 26.0 Å². The lowest BCUT2D eigenvalue weighted by molar-refractivity contribution is -0.119. The van der Waals surface area contributed by atoms with E-state index in [-0.39, 0.29) is 16.3 Å². The largest absolute Gasteiger partial charge is 0.273 e. The lowest BCUT2D eigenvalue weighted by atomic mass is 10.2. The van der Waals surface area contributed by atoms with E-state index in [1.807, 2.05) is 0 Å². The van der Waals surface area contributed by atoms with Crippen molar-refractivity contribution < 1.29 is 21.6 Å². The van der Waals surface area contributed by atoms with Gasteiger partial charge in [-0.2, -0.15) is 4.31 Å². The van der Waals surface area contributed by atoms with Gasteiger partial charge in [0.1, 0.15) is 0 Å². The standard InChI is InChI=1S/C15H22N2O5S2/c1-5-16(6-2)24(21,22)14-8-7-13(9-11(14)3)17-15(18)12(4)10-23(17,19)20/h7-9,12H,5-6,10H2,1-4H3/t12-/m1/s1. The summed E-state index contributed by atoms with van der Waals surface area (Å²) in [7, 11) is -7.35. The Hall–Kier alpha value is -1.45. The summed E-state index contributed by atoms with van der Waals surface area (Å²) in [6.07, 6.45) is 0. The van der Waals surface area contributed by atoms with E-state index in [0.29, 0.717) is 18.7 Å². The van der Waals surface area contributed by atoms with Crippen molar-refractivity contribution in [1.29, 1.82) is 0 Å². The highest BCUT2D eigenvalue weighted by atomic mass is 32.2. The monoisotopic (exact) mass is 374 g/mol. The van der Waals surface area contributed by atoms with Crippen LogP contribution in [0, 0.1) is 12.8 Å². The second-order valence-electron chi connectivity index (χ2n) is 5.82. The first-order chi connectivity index (χ1) is 11.1. The maximum absolute atomic E-state index is 12.6. The molecule has 0 spiro atoms. The lowest BCUT2D eigenvalue weighted by Crippen LogP contribution is -2.32. The van der Waals surface area contributed by atoms with Gasteiger partial charge in [-0.15, -0.1) is 0 Å². The minimum atomic E-state index is -3.71. The molecule has 9 heteroatoms. The molecular formula is C15H22N2O5S2. The predicted molar refractivity (Wildman–Crippen MR) is 91.7 cm³/mol. The zero-order valence-electron chi connectivity index (χ0n) is 14.2. The first-order valence-electron chi connectivity index (χ1n) is 7.73. The molecule has 0 aliphatic carbocycles. The molecule has 134 valence electrons. The average molecular weight is 374 g/mol. The third kappa shape index (κ3) is 3.07. The summed E-state index contributed by atoms with van der Waals surface area (Å²) >= 11 is 0. The van der Waals surface area contributed by atoms with Crippen molar-refractivity contribution in [2.24, 2.45) is 5.92 Å². The number of hydrogen-bond donors (Lipinski definition) is 0. The molecule has 1 amide bonds. The van der Waals surface area contributed by atoms with Crippen LogP contribution >= 0.6 is 0 Å². The van der Waals surface area contributed by atoms with Crippen molar-refractivity contribution in [3.05, 3.63) is 23.8 Å². The Kier molecular flexibility index (Phi) is 5.08. The van der Waals surface area contributed by atoms with Gasteiger partial charge in [-0.1, -0.05) is 20.8 Å². The fourth-order valence-electron chi connectivity index (χ4n) is 2.84. The molecule has 1 saturated heterocycles. The van der Waals surface area contributed by atoms with Crippen molar-refractivity contribution in [1.82, 2.24) is 4.31 Å². The number of benzene rings is 1. The number of hydrogen-bond acceptors (Lipinski definition) is 5. The van der Waals surface area contributed by atoms with Crippen LogP contribution in [0.25, 0.3) is 0 Å². The van der Waals surface area contributed by atoms with Crippen LogP contribution in [-0.2, 0) is 24.8 Å². The third-order valence-corrected chi connectivity index (χ3v) is 8.16. The Morgan fingerprint density at radius 2 is 1.83 bits per heavy atom. The van der Waals surface area contributed by atoms with Crippen LogP contribution in [0.3, 0.4) is 0 Å². The van der Waals surface area contributed by atoms with Gasteiger partial charge in [0.15, 0.2) is 0 Å². The molecule has 1 aromatic carbocycles. The highest BCUT2D eigenvalue weighted by Gasteiger charge is 2.42. The number of carbonyl (C=O) groups is 1. The number of sulfonamides is 2. The number of amides is 1. The van der Waals surface area contributed by atoms with E-state index in [2.05, 4.69) is 0 Å². The number of carbonyl (C=O) groups excluding carboxylic acids is 1. The first kappa shape index (κ1) is 18.9. The molecule has 0 saturated carbocycles. The zero-order valence-corrected chi connectivity index (χ0v) is 15.8. The molecule has 0 unspecified atom stereocenters. The summed E-state index contributed by atoms with van der Waals surface area (Å²) in [6.45, 7) is 7.35. The molecular weight excluding hydrogens is 352 g/mol. The maximum Gasteiger partial charge on any atom is 0.244 e. The Labute approximate surface area is 143 Å². The van der Waals surface area contributed by atoms with Gasteiger partial charge in [0.05, 0.1) is 22.3 Å². The van der Waals surface area contributed by atoms with Gasteiger partial charge in [0.25, 0.3) is 0 Å². The van der Waals surface area contributed by atoms with Gasteiger partial charge in [-0.3, -0.25) is 4.79 Å². The highest BCUT2D eigenvalue weighted by Crippen LogP contribution is 2.31. The second kappa shape index (κ2) is 6.45. The van der Waals surface area contributed by atoms with Crippen molar-refractivity contribution in [3.8, 4) is 0 Å². The summed E-state index contributed by atoms with van der Waals surface area (Å²) in [4.78, 5) is 12.3. The molecule has 2 rings (SSSR count). The predicted octanol–water partition coefficient (Wildman–Crippen LogP) is 1.34. The number of anilines is 1. The zero-order chi connectivity index (χ0) is 18.3. The Balaban J connectivity index is 2.50. The highest BCUT2D eigenvalue weighted by molar-refractivity contribution is 7.94. The number of rotatable bonds is 5. The summed E-state index contributed by atoms with van der Waals surface area (Å²) < 4.78 is 51.7. The summed E-state index contributed by atoms with van der Waals surface area (Å²) in [5.41, 5.74) is 0.585. The minimum Gasteiger partial charge on any atom is -0.273 e. The van der Waals surface area contributed by atoms with E-state index >= 15 is 0 Å². The number of nitrogens with zero attached hydrogens (tertiary/aromatic N) is 2. The van der Waals surface area contributed by atoms with Crippen LogP contribution in [-0.4, -0.2) is 45.9 Å². The molecule has 1 aromatic rings. The van der Waals surface area contributed by atoms with Gasteiger partial charge in [-0.25, -0.2) is 21.1 Å². The summed E-state index contributed by atoms with van der Waals surface area (Å²) in [6, 6.07) is 4.17. The van der Waals surface area contributed by atoms with Crippen molar-refractivity contribution in [2.75, 3.05) is 23.1 Å². The molecule has 1 atom stereocenters. The van der Waals surface area contributed by atoms with Crippen LogP contribution in [0.15, 0.2) is 23.1 Å². The van der Waals surface area contributed by atoms with E-state index in [1.54, 1.807) is 27.7 Å². The van der Waals surface area contributed by atoms with E-state index in [0.717, 1.165) is 4.31 Å². The molecule has 1 fully saturated rings. The Bertz CT molecular complexity index is 858. The van der Waals surface area contributed by atoms with E-state index in [9.17, 15) is 21.6 Å². The molecule has 0 radical (unpaired) electrons. The van der Waals surface area contributed by atoms with Crippen LogP contribution in [0.5, 0.6) is 0 Å². The normalized spacial score (nSPS) is 20.8. The average Bonchev–Trinajstić information content (AvgIpc) is 2.67. The van der Waals surface area contributed by atoms with Gasteiger partial charge >= 0.3 is 0 Å². The molecule has 1 heterocycles. The van der Waals surface area contributed by atoms with Crippen molar-refractivity contribution in [3.63, 3.8) is 0 Å². The van der Waals surface area contributed by atoms with Crippen LogP contribution < -0.4 is 4.31 Å². The SMILES string of the molecule is CCN(CC)S(=O)(=O)c1ccc(N2C(=O)[C@H](C)CS2(=O)=O)cc1C. The molecule has 0 aromatic heterocycles. The van der Waals surface area contributed by atoms with E-state index in [4.69, 9.17) is 0 Å². The summed E-state index contributed by atoms with van der Waals surface area (Å²) in [5.74, 6) is -1.33. The number of aryl methyl sites for hydroxylation is 1. The van der Waals surface area contributed by atoms with Gasteiger partial charge < -0.3 is 0 Å². The molecule has 1 aliphatic rings. The molecule has 24 heavy (non-hydrogen) atoms. The topological polar surface area (TPSA) is 91.8 Å². The van der Waals surface area contributed by atoms with Crippen molar-refractivity contribution in [2.45, 2.75) is 32.6 Å². The quantitative estimate of drug-likeness (QED) is 0.775. The van der Waals surface area contributed by atoms with Crippen LogP contribution in [0.4, 0.5) is 5.69 Å². The van der Waals surface area contributed by atoms with Crippen LogP contribution in [0.2, 0.25) is 0 Å². The molecule has 0 bridgehead atoms. The van der Waals surface area contributed by atoms with Crippen molar-refractivity contribution >= 4 is 31.6 Å². The second-order valence-corrected chi connectivity index (χ2v) is 9.59. The van der Waals surface area contributed by atoms with Gasteiger partial charge in [0, 0.05) is 13.1 Å². The third-order valence-electron chi connectivity index (χ3n) is 4.08. The Morgan fingerprint density at radius 3 is 2.25 bits per heavy atom. The van der Waals surface area contributed by atoms with E-state index < -0.39 is 31.9 Å². The van der Waals surface area contributed by atoms with E-state index in [1.165, 1.54) is 22.5 Å². The lowest BCUT2D eigenvalue weighted by Gasteiger charge is -2.21. The summed E-state index contributed by atoms with van der Waals surface area (Å²) in [5, 5.41) is 0. The minimum absolute atomic E-state index is 0.118. The maximum atomic E-state index is 12.6.